The fourth-order valence-corrected chi connectivity index (χ4v) is 2.13. The maximum Gasteiger partial charge on any atom is 0.257 e. The van der Waals surface area contributed by atoms with Crippen LogP contribution in [0, 0.1) is 11.3 Å². The van der Waals surface area contributed by atoms with E-state index >= 15 is 0 Å². The Morgan fingerprint density at radius 2 is 2.00 bits per heavy atom. The van der Waals surface area contributed by atoms with Gasteiger partial charge in [0.2, 0.25) is 0 Å². The lowest BCUT2D eigenvalue weighted by atomic mass is 10.1. The molecule has 2 rings (SSSR count). The third-order valence-corrected chi connectivity index (χ3v) is 3.20. The van der Waals surface area contributed by atoms with Crippen molar-refractivity contribution >= 4 is 28.9 Å². The smallest absolute Gasteiger partial charge is 0.257 e. The molecule has 106 valence electrons. The molecule has 21 heavy (non-hydrogen) atoms. The van der Waals surface area contributed by atoms with Gasteiger partial charge in [0.15, 0.2) is 0 Å². The highest BCUT2D eigenvalue weighted by molar-refractivity contribution is 6.34. The number of para-hydroxylation sites is 1. The van der Waals surface area contributed by atoms with Crippen LogP contribution >= 0.6 is 11.6 Å². The number of benzene rings is 2. The summed E-state index contributed by atoms with van der Waals surface area (Å²) < 4.78 is 0. The maximum atomic E-state index is 12.3. The van der Waals surface area contributed by atoms with Crippen molar-refractivity contribution in [3.63, 3.8) is 0 Å². The molecule has 5 heteroatoms. The predicted molar refractivity (Wildman–Crippen MR) is 84.7 cm³/mol. The Bertz CT molecular complexity index is 707. The first-order valence-electron chi connectivity index (χ1n) is 6.49. The number of carbonyl (C=O) groups excluding carboxylic acids is 1. The summed E-state index contributed by atoms with van der Waals surface area (Å²) in [6.07, 6.45) is 0. The lowest BCUT2D eigenvalue weighted by Crippen LogP contribution is -2.15. The highest BCUT2D eigenvalue weighted by Crippen LogP contribution is 2.24. The summed E-state index contributed by atoms with van der Waals surface area (Å²) in [7, 11) is 0. The van der Waals surface area contributed by atoms with Crippen LogP contribution in [-0.2, 0) is 0 Å². The van der Waals surface area contributed by atoms with Crippen LogP contribution in [-0.4, -0.2) is 12.5 Å². The minimum atomic E-state index is -0.252. The van der Waals surface area contributed by atoms with Gasteiger partial charge in [-0.25, -0.2) is 0 Å². The van der Waals surface area contributed by atoms with E-state index in [4.69, 9.17) is 16.9 Å². The van der Waals surface area contributed by atoms with E-state index in [1.54, 1.807) is 24.3 Å². The first kappa shape index (κ1) is 14.9. The van der Waals surface area contributed by atoms with Gasteiger partial charge in [0.05, 0.1) is 27.9 Å². The van der Waals surface area contributed by atoms with Gasteiger partial charge in [-0.1, -0.05) is 23.7 Å². The first-order chi connectivity index (χ1) is 10.2. The van der Waals surface area contributed by atoms with Gasteiger partial charge in [-0.05, 0) is 37.3 Å². The SMILES string of the molecule is CCNc1ccccc1C(=O)Nc1ccc(C#N)cc1Cl. The Balaban J connectivity index is 2.24. The minimum absolute atomic E-state index is 0.252. The van der Waals surface area contributed by atoms with Crippen LogP contribution in [0.3, 0.4) is 0 Å². The van der Waals surface area contributed by atoms with E-state index in [-0.39, 0.29) is 5.91 Å². The van der Waals surface area contributed by atoms with Crippen LogP contribution in [0.2, 0.25) is 5.02 Å². The highest BCUT2D eigenvalue weighted by Gasteiger charge is 2.12. The molecule has 0 unspecified atom stereocenters. The summed E-state index contributed by atoms with van der Waals surface area (Å²) in [5, 5.41) is 15.0. The van der Waals surface area contributed by atoms with E-state index in [0.717, 1.165) is 12.2 Å². The van der Waals surface area contributed by atoms with Crippen molar-refractivity contribution in [2.45, 2.75) is 6.92 Å². The van der Waals surface area contributed by atoms with Gasteiger partial charge < -0.3 is 10.6 Å². The molecule has 0 saturated carbocycles. The molecule has 0 aliphatic carbocycles. The molecule has 0 bridgehead atoms. The number of rotatable bonds is 4. The summed E-state index contributed by atoms with van der Waals surface area (Å²) in [6.45, 7) is 2.69. The molecule has 0 atom stereocenters. The summed E-state index contributed by atoms with van der Waals surface area (Å²) in [4.78, 5) is 12.3. The number of anilines is 2. The number of nitrogens with zero attached hydrogens (tertiary/aromatic N) is 1. The Kier molecular flexibility index (Phi) is 4.81. The van der Waals surface area contributed by atoms with Crippen molar-refractivity contribution < 1.29 is 4.79 Å². The van der Waals surface area contributed by atoms with Crippen molar-refractivity contribution in [2.75, 3.05) is 17.2 Å². The Morgan fingerprint density at radius 1 is 1.24 bits per heavy atom. The molecule has 0 aromatic heterocycles. The first-order valence-corrected chi connectivity index (χ1v) is 6.87. The molecule has 0 spiro atoms. The lowest BCUT2D eigenvalue weighted by molar-refractivity contribution is 0.102. The van der Waals surface area contributed by atoms with Gasteiger partial charge in [0.1, 0.15) is 0 Å². The van der Waals surface area contributed by atoms with Crippen LogP contribution in [0.1, 0.15) is 22.8 Å². The number of halogens is 1. The molecule has 1 amide bonds. The lowest BCUT2D eigenvalue weighted by Gasteiger charge is -2.11. The van der Waals surface area contributed by atoms with Crippen molar-refractivity contribution in [2.24, 2.45) is 0 Å². The van der Waals surface area contributed by atoms with E-state index in [1.807, 2.05) is 25.1 Å². The topological polar surface area (TPSA) is 64.9 Å². The zero-order valence-corrected chi connectivity index (χ0v) is 12.2. The molecular formula is C16H14ClN3O. The molecule has 0 radical (unpaired) electrons. The molecular weight excluding hydrogens is 286 g/mol. The average molecular weight is 300 g/mol. The Labute approximate surface area is 128 Å². The number of amides is 1. The van der Waals surface area contributed by atoms with Crippen LogP contribution in [0.15, 0.2) is 42.5 Å². The molecule has 2 N–H and O–H groups in total. The predicted octanol–water partition coefficient (Wildman–Crippen LogP) is 3.90. The average Bonchev–Trinajstić information content (AvgIpc) is 2.50. The molecule has 2 aromatic rings. The van der Waals surface area contributed by atoms with Gasteiger partial charge in [-0.2, -0.15) is 5.26 Å². The van der Waals surface area contributed by atoms with Gasteiger partial charge in [-0.3, -0.25) is 4.79 Å². The van der Waals surface area contributed by atoms with Gasteiger partial charge in [0, 0.05) is 12.2 Å². The van der Waals surface area contributed by atoms with Gasteiger partial charge in [-0.15, -0.1) is 0 Å². The van der Waals surface area contributed by atoms with Crippen LogP contribution < -0.4 is 10.6 Å². The summed E-state index contributed by atoms with van der Waals surface area (Å²) in [5.74, 6) is -0.252. The fraction of sp³-hybridized carbons (Fsp3) is 0.125. The van der Waals surface area contributed by atoms with E-state index in [1.165, 1.54) is 6.07 Å². The minimum Gasteiger partial charge on any atom is -0.385 e. The third-order valence-electron chi connectivity index (χ3n) is 2.89. The molecule has 0 saturated heterocycles. The molecule has 4 nitrogen and oxygen atoms in total. The maximum absolute atomic E-state index is 12.3. The second-order valence-electron chi connectivity index (χ2n) is 4.34. The standard InChI is InChI=1S/C16H14ClN3O/c1-2-19-14-6-4-3-5-12(14)16(21)20-15-8-7-11(10-18)9-13(15)17/h3-9,19H,2H2,1H3,(H,20,21). The number of hydrogen-bond acceptors (Lipinski definition) is 3. The van der Waals surface area contributed by atoms with Crippen molar-refractivity contribution in [3.05, 3.63) is 58.6 Å². The van der Waals surface area contributed by atoms with Crippen molar-refractivity contribution in [1.82, 2.24) is 0 Å². The van der Waals surface area contributed by atoms with Gasteiger partial charge >= 0.3 is 0 Å². The Morgan fingerprint density at radius 3 is 2.67 bits per heavy atom. The van der Waals surface area contributed by atoms with E-state index in [0.29, 0.717) is 21.8 Å². The number of hydrogen-bond donors (Lipinski definition) is 2. The van der Waals surface area contributed by atoms with Crippen molar-refractivity contribution in [1.29, 1.82) is 5.26 Å². The summed E-state index contributed by atoms with van der Waals surface area (Å²) in [6, 6.07) is 14.0. The van der Waals surface area contributed by atoms with Crippen LogP contribution in [0.5, 0.6) is 0 Å². The largest absolute Gasteiger partial charge is 0.385 e. The van der Waals surface area contributed by atoms with Crippen LogP contribution in [0.25, 0.3) is 0 Å². The van der Waals surface area contributed by atoms with E-state index in [9.17, 15) is 4.79 Å². The zero-order chi connectivity index (χ0) is 15.2. The van der Waals surface area contributed by atoms with Crippen LogP contribution in [0.4, 0.5) is 11.4 Å². The molecule has 0 aliphatic rings. The highest BCUT2D eigenvalue weighted by atomic mass is 35.5. The van der Waals surface area contributed by atoms with E-state index in [2.05, 4.69) is 10.6 Å². The normalized spacial score (nSPS) is 9.76. The number of carbonyl (C=O) groups is 1. The van der Waals surface area contributed by atoms with Gasteiger partial charge in [0.25, 0.3) is 5.91 Å². The Hall–Kier alpha value is -2.51. The molecule has 0 fully saturated rings. The zero-order valence-electron chi connectivity index (χ0n) is 11.5. The second kappa shape index (κ2) is 6.78. The fourth-order valence-electron chi connectivity index (χ4n) is 1.90. The summed E-state index contributed by atoms with van der Waals surface area (Å²) >= 11 is 6.06. The molecule has 2 aromatic carbocycles. The second-order valence-corrected chi connectivity index (χ2v) is 4.74. The molecule has 0 aliphatic heterocycles. The quantitative estimate of drug-likeness (QED) is 0.900. The van der Waals surface area contributed by atoms with Crippen molar-refractivity contribution in [3.8, 4) is 6.07 Å². The summed E-state index contributed by atoms with van der Waals surface area (Å²) in [5.41, 5.74) is 2.24. The monoisotopic (exact) mass is 299 g/mol. The number of nitrogens with one attached hydrogen (secondary N) is 2. The molecule has 0 heterocycles. The number of nitriles is 1. The van der Waals surface area contributed by atoms with E-state index < -0.39 is 0 Å². The third kappa shape index (κ3) is 3.53.